The third kappa shape index (κ3) is 6.12. The Bertz CT molecular complexity index is 1330. The van der Waals surface area contributed by atoms with E-state index in [9.17, 15) is 22.0 Å². The Morgan fingerprint density at radius 3 is 2.06 bits per heavy atom. The number of nitrogens with one attached hydrogen (secondary N) is 1. The normalized spacial score (nSPS) is 11.6. The molecule has 0 aliphatic heterocycles. The molecule has 3 aromatic rings. The van der Waals surface area contributed by atoms with Gasteiger partial charge in [-0.05, 0) is 61.0 Å². The van der Waals surface area contributed by atoms with Crippen molar-refractivity contribution in [1.82, 2.24) is 5.43 Å². The highest BCUT2D eigenvalue weighted by Gasteiger charge is 2.28. The lowest BCUT2D eigenvalue weighted by Gasteiger charge is -2.24. The summed E-state index contributed by atoms with van der Waals surface area (Å²) in [6.07, 6.45) is 0. The van der Waals surface area contributed by atoms with E-state index in [1.165, 1.54) is 68.8 Å². The van der Waals surface area contributed by atoms with E-state index >= 15 is 0 Å². The quantitative estimate of drug-likeness (QED) is 0.355. The minimum absolute atomic E-state index is 0.0653. The number of hydrazone groups is 1. The number of benzene rings is 3. The molecule has 0 bridgehead atoms. The average Bonchev–Trinajstić information content (AvgIpc) is 2.86. The fourth-order valence-corrected chi connectivity index (χ4v) is 4.53. The number of hydrogen-bond acceptors (Lipinski definition) is 6. The van der Waals surface area contributed by atoms with Crippen molar-refractivity contribution in [2.75, 3.05) is 25.1 Å². The maximum atomic E-state index is 13.5. The third-order valence-electron chi connectivity index (χ3n) is 4.96. The molecular formula is C24H23F2N3O5S. The van der Waals surface area contributed by atoms with Gasteiger partial charge in [0, 0.05) is 6.07 Å². The zero-order valence-corrected chi connectivity index (χ0v) is 20.0. The van der Waals surface area contributed by atoms with Gasteiger partial charge < -0.3 is 9.47 Å². The average molecular weight is 504 g/mol. The van der Waals surface area contributed by atoms with Crippen LogP contribution >= 0.6 is 0 Å². The molecule has 0 aliphatic rings. The Kier molecular flexibility index (Phi) is 8.02. The van der Waals surface area contributed by atoms with Crippen molar-refractivity contribution in [2.45, 2.75) is 11.8 Å². The molecule has 0 unspecified atom stereocenters. The van der Waals surface area contributed by atoms with Gasteiger partial charge in [-0.3, -0.25) is 9.10 Å². The molecule has 0 saturated carbocycles. The lowest BCUT2D eigenvalue weighted by atomic mass is 10.1. The summed E-state index contributed by atoms with van der Waals surface area (Å²) >= 11 is 0. The van der Waals surface area contributed by atoms with E-state index in [0.29, 0.717) is 17.0 Å². The number of methoxy groups -OCH3 is 2. The second-order valence-corrected chi connectivity index (χ2v) is 9.11. The van der Waals surface area contributed by atoms with Crippen LogP contribution in [-0.2, 0) is 14.8 Å². The zero-order valence-electron chi connectivity index (χ0n) is 19.2. The maximum absolute atomic E-state index is 13.5. The number of amides is 1. The fourth-order valence-electron chi connectivity index (χ4n) is 3.09. The second-order valence-electron chi connectivity index (χ2n) is 7.24. The molecule has 1 amide bonds. The third-order valence-corrected chi connectivity index (χ3v) is 6.72. The molecule has 184 valence electrons. The van der Waals surface area contributed by atoms with Gasteiger partial charge in [0.15, 0.2) is 11.5 Å². The van der Waals surface area contributed by atoms with Gasteiger partial charge >= 0.3 is 0 Å². The number of rotatable bonds is 9. The van der Waals surface area contributed by atoms with Crippen LogP contribution in [0.15, 0.2) is 76.7 Å². The van der Waals surface area contributed by atoms with E-state index in [0.717, 1.165) is 16.4 Å². The van der Waals surface area contributed by atoms with Crippen LogP contribution in [0.3, 0.4) is 0 Å². The largest absolute Gasteiger partial charge is 0.493 e. The fraction of sp³-hybridized carbons (Fsp3) is 0.167. The SMILES string of the molecule is COc1ccc(S(=O)(=O)N(CC(=O)N/N=C(/C)c2ccc(F)cc2)c2ccc(F)cc2)cc1OC. The molecule has 1 N–H and O–H groups in total. The van der Waals surface area contributed by atoms with Gasteiger partial charge in [-0.25, -0.2) is 22.6 Å². The molecular weight excluding hydrogens is 480 g/mol. The van der Waals surface area contributed by atoms with Gasteiger partial charge in [0.05, 0.1) is 30.5 Å². The summed E-state index contributed by atoms with van der Waals surface area (Å²) in [5, 5.41) is 3.97. The monoisotopic (exact) mass is 503 g/mol. The lowest BCUT2D eigenvalue weighted by Crippen LogP contribution is -2.39. The molecule has 0 aliphatic carbocycles. The zero-order chi connectivity index (χ0) is 25.6. The number of ether oxygens (including phenoxy) is 2. The molecule has 8 nitrogen and oxygen atoms in total. The predicted octanol–water partition coefficient (Wildman–Crippen LogP) is 3.72. The number of halogens is 2. The van der Waals surface area contributed by atoms with Crippen molar-refractivity contribution in [3.63, 3.8) is 0 Å². The van der Waals surface area contributed by atoms with Gasteiger partial charge in [-0.15, -0.1) is 0 Å². The number of nitrogens with zero attached hydrogens (tertiary/aromatic N) is 2. The first-order valence-corrected chi connectivity index (χ1v) is 11.7. The number of carbonyl (C=O) groups excluding carboxylic acids is 1. The van der Waals surface area contributed by atoms with Gasteiger partial charge in [0.2, 0.25) is 0 Å². The summed E-state index contributed by atoms with van der Waals surface area (Å²) in [4.78, 5) is 12.5. The first kappa shape index (κ1) is 25.6. The molecule has 0 heterocycles. The van der Waals surface area contributed by atoms with Gasteiger partial charge in [-0.2, -0.15) is 5.10 Å². The Morgan fingerprint density at radius 1 is 0.914 bits per heavy atom. The number of sulfonamides is 1. The van der Waals surface area contributed by atoms with Crippen LogP contribution in [0.1, 0.15) is 12.5 Å². The summed E-state index contributed by atoms with van der Waals surface area (Å²) in [5.74, 6) is -1.23. The van der Waals surface area contributed by atoms with Crippen LogP contribution in [0.4, 0.5) is 14.5 Å². The highest BCUT2D eigenvalue weighted by Crippen LogP contribution is 2.32. The molecule has 35 heavy (non-hydrogen) atoms. The van der Waals surface area contributed by atoms with Crippen molar-refractivity contribution in [3.05, 3.63) is 83.9 Å². The highest BCUT2D eigenvalue weighted by atomic mass is 32.2. The molecule has 11 heteroatoms. The Labute approximate surface area is 201 Å². The number of carbonyl (C=O) groups is 1. The van der Waals surface area contributed by atoms with Gasteiger partial charge in [0.25, 0.3) is 15.9 Å². The smallest absolute Gasteiger partial charge is 0.264 e. The molecule has 0 aromatic heterocycles. The van der Waals surface area contributed by atoms with Crippen molar-refractivity contribution in [2.24, 2.45) is 5.10 Å². The van der Waals surface area contributed by atoms with E-state index in [2.05, 4.69) is 10.5 Å². The summed E-state index contributed by atoms with van der Waals surface area (Å²) in [6.45, 7) is 0.953. The van der Waals surface area contributed by atoms with E-state index < -0.39 is 34.1 Å². The van der Waals surface area contributed by atoms with E-state index in [-0.39, 0.29) is 16.3 Å². The van der Waals surface area contributed by atoms with E-state index in [4.69, 9.17) is 9.47 Å². The van der Waals surface area contributed by atoms with E-state index in [1.54, 1.807) is 6.92 Å². The van der Waals surface area contributed by atoms with Crippen LogP contribution in [-0.4, -0.2) is 40.8 Å². The summed E-state index contributed by atoms with van der Waals surface area (Å²) < 4.78 is 64.8. The topological polar surface area (TPSA) is 97.3 Å². The summed E-state index contributed by atoms with van der Waals surface area (Å²) in [7, 11) is -1.52. The van der Waals surface area contributed by atoms with Crippen LogP contribution in [0, 0.1) is 11.6 Å². The Hall–Kier alpha value is -3.99. The molecule has 3 rings (SSSR count). The summed E-state index contributed by atoms with van der Waals surface area (Å²) in [6, 6.07) is 14.1. The van der Waals surface area contributed by atoms with Crippen molar-refractivity contribution in [1.29, 1.82) is 0 Å². The van der Waals surface area contributed by atoms with Crippen LogP contribution in [0.25, 0.3) is 0 Å². The van der Waals surface area contributed by atoms with Crippen LogP contribution < -0.4 is 19.2 Å². The maximum Gasteiger partial charge on any atom is 0.264 e. The Balaban J connectivity index is 1.91. The number of hydrogen-bond donors (Lipinski definition) is 1. The Morgan fingerprint density at radius 2 is 1.49 bits per heavy atom. The lowest BCUT2D eigenvalue weighted by molar-refractivity contribution is -0.119. The molecule has 0 spiro atoms. The minimum Gasteiger partial charge on any atom is -0.493 e. The summed E-state index contributed by atoms with van der Waals surface area (Å²) in [5.41, 5.74) is 3.32. The molecule has 0 atom stereocenters. The molecule has 0 saturated heterocycles. The van der Waals surface area contributed by atoms with Crippen molar-refractivity contribution < 1.29 is 31.5 Å². The second kappa shape index (κ2) is 11.0. The first-order chi connectivity index (χ1) is 16.6. The number of anilines is 1. The molecule has 3 aromatic carbocycles. The standard InChI is InChI=1S/C24H23F2N3O5S/c1-16(17-4-6-18(25)7-5-17)27-28-24(30)15-29(20-10-8-19(26)9-11-20)35(31,32)21-12-13-22(33-2)23(14-21)34-3/h4-14H,15H2,1-3H3,(H,28,30)/b27-16-. The first-order valence-electron chi connectivity index (χ1n) is 10.2. The minimum atomic E-state index is -4.29. The molecule has 0 fully saturated rings. The van der Waals surface area contributed by atoms with Crippen molar-refractivity contribution in [3.8, 4) is 11.5 Å². The van der Waals surface area contributed by atoms with Crippen LogP contribution in [0.2, 0.25) is 0 Å². The molecule has 0 radical (unpaired) electrons. The predicted molar refractivity (Wildman–Crippen MR) is 127 cm³/mol. The highest BCUT2D eigenvalue weighted by molar-refractivity contribution is 7.92. The van der Waals surface area contributed by atoms with Crippen molar-refractivity contribution >= 4 is 27.3 Å². The van der Waals surface area contributed by atoms with Gasteiger partial charge in [0.1, 0.15) is 18.2 Å². The van der Waals surface area contributed by atoms with Crippen LogP contribution in [0.5, 0.6) is 11.5 Å². The van der Waals surface area contributed by atoms with Gasteiger partial charge in [-0.1, -0.05) is 12.1 Å². The van der Waals surface area contributed by atoms with E-state index in [1.807, 2.05) is 0 Å².